The van der Waals surface area contributed by atoms with Gasteiger partial charge in [-0.25, -0.2) is 0 Å². The molecule has 3 aromatic rings. The highest BCUT2D eigenvalue weighted by Gasteiger charge is 2.41. The number of amides is 1. The highest BCUT2D eigenvalue weighted by atomic mass is 16.5. The van der Waals surface area contributed by atoms with E-state index in [0.717, 1.165) is 34.2 Å². The Hall–Kier alpha value is -2.85. The first-order chi connectivity index (χ1) is 14.6. The normalized spacial score (nSPS) is 16.7. The van der Waals surface area contributed by atoms with Crippen LogP contribution < -0.4 is 10.1 Å². The zero-order chi connectivity index (χ0) is 21.0. The second kappa shape index (κ2) is 8.88. The highest BCUT2D eigenvalue weighted by Crippen LogP contribution is 2.38. The van der Waals surface area contributed by atoms with E-state index in [2.05, 4.69) is 19.2 Å². The third-order valence-electron chi connectivity index (χ3n) is 6.14. The molecule has 3 aromatic carbocycles. The second-order valence-electron chi connectivity index (χ2n) is 8.01. The summed E-state index contributed by atoms with van der Waals surface area (Å²) in [5.41, 5.74) is 1.28. The second-order valence-corrected chi connectivity index (χ2v) is 8.01. The maximum atomic E-state index is 13.6. The zero-order valence-corrected chi connectivity index (χ0v) is 17.7. The number of anilines is 1. The Labute approximate surface area is 178 Å². The molecule has 0 spiro atoms. The van der Waals surface area contributed by atoms with Crippen molar-refractivity contribution in [1.29, 1.82) is 0 Å². The van der Waals surface area contributed by atoms with E-state index in [4.69, 9.17) is 9.47 Å². The third-order valence-corrected chi connectivity index (χ3v) is 6.14. The van der Waals surface area contributed by atoms with Gasteiger partial charge >= 0.3 is 0 Å². The van der Waals surface area contributed by atoms with Crippen molar-refractivity contribution in [2.75, 3.05) is 18.5 Å². The molecule has 1 fully saturated rings. The van der Waals surface area contributed by atoms with E-state index in [9.17, 15) is 4.79 Å². The van der Waals surface area contributed by atoms with Gasteiger partial charge in [0.1, 0.15) is 5.75 Å². The van der Waals surface area contributed by atoms with Crippen molar-refractivity contribution in [1.82, 2.24) is 0 Å². The van der Waals surface area contributed by atoms with Crippen molar-refractivity contribution in [3.05, 3.63) is 72.3 Å². The van der Waals surface area contributed by atoms with E-state index in [0.29, 0.717) is 26.1 Å². The lowest BCUT2D eigenvalue weighted by Gasteiger charge is -2.36. The molecule has 0 aliphatic carbocycles. The summed E-state index contributed by atoms with van der Waals surface area (Å²) in [6.07, 6.45) is 2.43. The minimum absolute atomic E-state index is 0.0257. The Kier molecular flexibility index (Phi) is 6.05. The van der Waals surface area contributed by atoms with Gasteiger partial charge in [-0.1, -0.05) is 61.5 Å². The topological polar surface area (TPSA) is 47.6 Å². The first kappa shape index (κ1) is 20.4. The Balaban J connectivity index is 1.69. The molecule has 4 heteroatoms. The van der Waals surface area contributed by atoms with Crippen LogP contribution in [-0.2, 0) is 14.9 Å². The number of benzene rings is 3. The van der Waals surface area contributed by atoms with Crippen molar-refractivity contribution in [2.45, 2.75) is 44.6 Å². The predicted molar refractivity (Wildman–Crippen MR) is 121 cm³/mol. The van der Waals surface area contributed by atoms with Gasteiger partial charge in [0.05, 0.1) is 11.5 Å². The standard InChI is InChI=1S/C26H29NO3/c1-3-19(2)30-24-14-13-23(21-11-7-8-12-22(21)24)27-25(28)26(15-17-29-18-16-26)20-9-5-4-6-10-20/h4-14,19H,3,15-18H2,1-2H3,(H,27,28). The van der Waals surface area contributed by atoms with Crippen LogP contribution in [0.1, 0.15) is 38.7 Å². The number of carbonyl (C=O) groups is 1. The minimum Gasteiger partial charge on any atom is -0.490 e. The van der Waals surface area contributed by atoms with Crippen LogP contribution in [0.25, 0.3) is 10.8 Å². The van der Waals surface area contributed by atoms with Crippen LogP contribution in [-0.4, -0.2) is 25.2 Å². The van der Waals surface area contributed by atoms with Crippen LogP contribution in [0.4, 0.5) is 5.69 Å². The molecule has 1 saturated heterocycles. The average Bonchev–Trinajstić information content (AvgIpc) is 2.81. The number of fused-ring (bicyclic) bond motifs is 1. The third kappa shape index (κ3) is 3.92. The van der Waals surface area contributed by atoms with Crippen molar-refractivity contribution in [3.8, 4) is 5.75 Å². The molecule has 0 bridgehead atoms. The quantitative estimate of drug-likeness (QED) is 0.574. The van der Waals surface area contributed by atoms with Gasteiger partial charge in [0.25, 0.3) is 0 Å². The molecule has 0 radical (unpaired) electrons. The summed E-state index contributed by atoms with van der Waals surface area (Å²) < 4.78 is 11.7. The molecule has 1 aliphatic rings. The van der Waals surface area contributed by atoms with Crippen LogP contribution >= 0.6 is 0 Å². The number of rotatable bonds is 6. The molecule has 0 aromatic heterocycles. The van der Waals surface area contributed by atoms with E-state index in [1.165, 1.54) is 0 Å². The fourth-order valence-electron chi connectivity index (χ4n) is 4.15. The Morgan fingerprint density at radius 3 is 2.37 bits per heavy atom. The van der Waals surface area contributed by atoms with E-state index in [1.54, 1.807) is 0 Å². The zero-order valence-electron chi connectivity index (χ0n) is 17.7. The number of hydrogen-bond donors (Lipinski definition) is 1. The maximum absolute atomic E-state index is 13.6. The molecule has 4 nitrogen and oxygen atoms in total. The number of carbonyl (C=O) groups excluding carboxylic acids is 1. The summed E-state index contributed by atoms with van der Waals surface area (Å²) in [6, 6.07) is 22.1. The van der Waals surface area contributed by atoms with Crippen LogP contribution in [0.3, 0.4) is 0 Å². The van der Waals surface area contributed by atoms with Gasteiger partial charge in [0.15, 0.2) is 0 Å². The van der Waals surface area contributed by atoms with Crippen LogP contribution in [0.5, 0.6) is 5.75 Å². The van der Waals surface area contributed by atoms with Crippen LogP contribution in [0.2, 0.25) is 0 Å². The molecule has 156 valence electrons. The SMILES string of the molecule is CCC(C)Oc1ccc(NC(=O)C2(c3ccccc3)CCOCC2)c2ccccc12. The molecule has 1 amide bonds. The molecule has 1 heterocycles. The summed E-state index contributed by atoms with van der Waals surface area (Å²) in [7, 11) is 0. The summed E-state index contributed by atoms with van der Waals surface area (Å²) in [5.74, 6) is 0.875. The smallest absolute Gasteiger partial charge is 0.235 e. The summed E-state index contributed by atoms with van der Waals surface area (Å²) in [4.78, 5) is 13.6. The predicted octanol–water partition coefficient (Wildman–Crippen LogP) is 5.70. The molecule has 1 atom stereocenters. The van der Waals surface area contributed by atoms with E-state index >= 15 is 0 Å². The minimum atomic E-state index is -0.577. The van der Waals surface area contributed by atoms with Crippen LogP contribution in [0, 0.1) is 0 Å². The molecule has 1 unspecified atom stereocenters. The van der Waals surface area contributed by atoms with Gasteiger partial charge in [-0.3, -0.25) is 4.79 Å². The highest BCUT2D eigenvalue weighted by molar-refractivity contribution is 6.07. The lowest BCUT2D eigenvalue weighted by atomic mass is 9.73. The Morgan fingerprint density at radius 1 is 1.00 bits per heavy atom. The monoisotopic (exact) mass is 403 g/mol. The van der Waals surface area contributed by atoms with Gasteiger partial charge in [-0.05, 0) is 43.9 Å². The van der Waals surface area contributed by atoms with Crippen molar-refractivity contribution in [2.24, 2.45) is 0 Å². The maximum Gasteiger partial charge on any atom is 0.235 e. The average molecular weight is 404 g/mol. The summed E-state index contributed by atoms with van der Waals surface area (Å²) in [5, 5.41) is 5.24. The van der Waals surface area contributed by atoms with Crippen LogP contribution in [0.15, 0.2) is 66.7 Å². The molecular formula is C26H29NO3. The Bertz CT molecular complexity index is 1010. The summed E-state index contributed by atoms with van der Waals surface area (Å²) >= 11 is 0. The van der Waals surface area contributed by atoms with E-state index < -0.39 is 5.41 Å². The fraction of sp³-hybridized carbons (Fsp3) is 0.346. The van der Waals surface area contributed by atoms with Crippen molar-refractivity contribution >= 4 is 22.4 Å². The first-order valence-electron chi connectivity index (χ1n) is 10.8. The van der Waals surface area contributed by atoms with Gasteiger partial charge in [-0.2, -0.15) is 0 Å². The molecule has 0 saturated carbocycles. The van der Waals surface area contributed by atoms with Crippen molar-refractivity contribution in [3.63, 3.8) is 0 Å². The van der Waals surface area contributed by atoms with Gasteiger partial charge in [0.2, 0.25) is 5.91 Å². The fourth-order valence-corrected chi connectivity index (χ4v) is 4.15. The number of hydrogen-bond acceptors (Lipinski definition) is 3. The lowest BCUT2D eigenvalue weighted by Crippen LogP contribution is -2.44. The largest absolute Gasteiger partial charge is 0.490 e. The molecule has 1 N–H and O–H groups in total. The molecule has 1 aliphatic heterocycles. The van der Waals surface area contributed by atoms with E-state index in [1.807, 2.05) is 66.7 Å². The van der Waals surface area contributed by atoms with E-state index in [-0.39, 0.29) is 12.0 Å². The molecule has 30 heavy (non-hydrogen) atoms. The summed E-state index contributed by atoms with van der Waals surface area (Å²) in [6.45, 7) is 5.35. The lowest BCUT2D eigenvalue weighted by molar-refractivity contribution is -0.125. The van der Waals surface area contributed by atoms with Crippen molar-refractivity contribution < 1.29 is 14.3 Å². The van der Waals surface area contributed by atoms with Gasteiger partial charge in [0, 0.05) is 29.7 Å². The number of nitrogens with one attached hydrogen (secondary N) is 1. The molecular weight excluding hydrogens is 374 g/mol. The van der Waals surface area contributed by atoms with Gasteiger partial charge in [-0.15, -0.1) is 0 Å². The van der Waals surface area contributed by atoms with Gasteiger partial charge < -0.3 is 14.8 Å². The first-order valence-corrected chi connectivity index (χ1v) is 10.8. The Morgan fingerprint density at radius 2 is 1.67 bits per heavy atom. The number of ether oxygens (including phenoxy) is 2. The molecule has 4 rings (SSSR count).